The third-order valence-electron chi connectivity index (χ3n) is 4.42. The highest BCUT2D eigenvalue weighted by Crippen LogP contribution is 2.30. The Morgan fingerprint density at radius 1 is 1.41 bits per heavy atom. The summed E-state index contributed by atoms with van der Waals surface area (Å²) in [7, 11) is 0.625. The zero-order valence-electron chi connectivity index (χ0n) is 18.0. The van der Waals surface area contributed by atoms with Gasteiger partial charge in [-0.05, 0) is 6.92 Å². The number of nitrogens with zero attached hydrogens (tertiary/aromatic N) is 4. The van der Waals surface area contributed by atoms with Gasteiger partial charge in [0.15, 0.2) is 17.8 Å². The van der Waals surface area contributed by atoms with Crippen molar-refractivity contribution in [3.05, 3.63) is 16.0 Å². The second-order valence-electron chi connectivity index (χ2n) is 6.57. The van der Waals surface area contributed by atoms with E-state index in [2.05, 4.69) is 15.6 Å². The van der Waals surface area contributed by atoms with Gasteiger partial charge in [-0.2, -0.15) is 9.94 Å². The van der Waals surface area contributed by atoms with E-state index >= 15 is 0 Å². The minimum atomic E-state index is -1.68. The van der Waals surface area contributed by atoms with Gasteiger partial charge >= 0.3 is 11.9 Å². The van der Waals surface area contributed by atoms with Crippen molar-refractivity contribution in [2.45, 2.75) is 37.3 Å². The van der Waals surface area contributed by atoms with E-state index in [4.69, 9.17) is 29.4 Å². The summed E-state index contributed by atoms with van der Waals surface area (Å²) >= 11 is 0. The number of hydrogen-bond acceptors (Lipinski definition) is 14. The van der Waals surface area contributed by atoms with Crippen molar-refractivity contribution in [3.63, 3.8) is 0 Å². The number of ether oxygens (including phenoxy) is 3. The van der Waals surface area contributed by atoms with Gasteiger partial charge in [-0.15, -0.1) is 5.10 Å². The van der Waals surface area contributed by atoms with Gasteiger partial charge in [0, 0.05) is 7.05 Å². The largest absolute Gasteiger partial charge is 0.479 e. The summed E-state index contributed by atoms with van der Waals surface area (Å²) in [5.74, 6) is -3.85. The quantitative estimate of drug-likeness (QED) is 0.0881. The molecule has 6 unspecified atom stereocenters. The van der Waals surface area contributed by atoms with Crippen LogP contribution >= 0.6 is 8.81 Å². The Morgan fingerprint density at radius 2 is 2.12 bits per heavy atom. The molecule has 5 N–H and O–H groups in total. The maximum Gasteiger partial charge on any atom is 0.358 e. The molecule has 2 heterocycles. The molecule has 1 aromatic rings. The van der Waals surface area contributed by atoms with Crippen molar-refractivity contribution >= 4 is 32.1 Å². The topological polar surface area (TPSA) is 239 Å². The number of aliphatic hydroxyl groups excluding tert-OH is 2. The number of carbonyl (C=O) groups excluding carboxylic acids is 1. The number of carboxylic acid groups (broad SMARTS) is 1. The normalized spacial score (nSPS) is 22.9. The second kappa shape index (κ2) is 12.4. The van der Waals surface area contributed by atoms with Gasteiger partial charge in [0.25, 0.3) is 5.56 Å². The third-order valence-corrected chi connectivity index (χ3v) is 5.36. The number of nitriles is 1. The van der Waals surface area contributed by atoms with Crippen LogP contribution in [0.3, 0.4) is 0 Å². The highest BCUT2D eigenvalue weighted by atomic mass is 31.1. The molecule has 1 saturated heterocycles. The highest BCUT2D eigenvalue weighted by molar-refractivity contribution is 7.34. The van der Waals surface area contributed by atoms with Gasteiger partial charge in [0.1, 0.15) is 36.3 Å². The minimum Gasteiger partial charge on any atom is -0.479 e. The van der Waals surface area contributed by atoms with E-state index in [1.165, 1.54) is 14.0 Å². The van der Waals surface area contributed by atoms with Crippen molar-refractivity contribution in [1.82, 2.24) is 15.0 Å². The Morgan fingerprint density at radius 3 is 2.71 bits per heavy atom. The number of anilines is 1. The maximum absolute atomic E-state index is 12.9. The van der Waals surface area contributed by atoms with Gasteiger partial charge < -0.3 is 39.4 Å². The van der Waals surface area contributed by atoms with Crippen molar-refractivity contribution in [2.24, 2.45) is 0 Å². The molecular formula is C17H23N6O10P. The third kappa shape index (κ3) is 6.08. The highest BCUT2D eigenvalue weighted by Gasteiger charge is 2.46. The van der Waals surface area contributed by atoms with Gasteiger partial charge in [-0.1, -0.05) is 5.21 Å². The van der Waals surface area contributed by atoms with E-state index in [9.17, 15) is 29.7 Å². The summed E-state index contributed by atoms with van der Waals surface area (Å²) in [6.45, 7) is 0.698. The smallest absolute Gasteiger partial charge is 0.358 e. The van der Waals surface area contributed by atoms with Crippen molar-refractivity contribution in [1.29, 1.82) is 10.7 Å². The second-order valence-corrected chi connectivity index (χ2v) is 7.62. The van der Waals surface area contributed by atoms with Crippen LogP contribution in [-0.2, 0) is 28.3 Å². The number of rotatable bonds is 12. The number of aliphatic hydroxyl groups is 2. The van der Waals surface area contributed by atoms with Crippen LogP contribution in [0.1, 0.15) is 18.8 Å². The van der Waals surface area contributed by atoms with E-state index in [1.54, 1.807) is 6.07 Å². The molecule has 0 aromatic carbocycles. The molecule has 6 atom stereocenters. The Kier molecular flexibility index (Phi) is 9.93. The fourth-order valence-corrected chi connectivity index (χ4v) is 3.40. The molecule has 0 aliphatic carbocycles. The molecule has 1 aliphatic rings. The lowest BCUT2D eigenvalue weighted by atomic mass is 10.1. The molecule has 186 valence electrons. The van der Waals surface area contributed by atoms with Crippen LogP contribution in [0.15, 0.2) is 4.79 Å². The molecule has 34 heavy (non-hydrogen) atoms. The SMILES string of the molecule is CCOC(=O)C(=N)c1nnn(C2OC(COC(POCC#N)C(=O)O)C(O)C2O)c(=O)c1NC. The standard InChI is InChI=1S/C17H23N6O10P/c1-3-30-16(29)8(19)9-10(20-2)13(26)23(22-21-9)14-12(25)11(24)7(33-14)6-31-17(15(27)28)34-32-5-4-18/h7,11-12,14,17,19-20,24-25,34H,3,5-6H2,1-2H3,(H,27,28). The van der Waals surface area contributed by atoms with E-state index in [0.717, 1.165) is 0 Å². The first-order chi connectivity index (χ1) is 16.2. The lowest BCUT2D eigenvalue weighted by Crippen LogP contribution is -2.39. The van der Waals surface area contributed by atoms with Crippen LogP contribution < -0.4 is 10.9 Å². The number of aliphatic carboxylic acids is 1. The summed E-state index contributed by atoms with van der Waals surface area (Å²) in [5, 5.41) is 56.0. The van der Waals surface area contributed by atoms with Crippen molar-refractivity contribution in [3.8, 4) is 6.07 Å². The zero-order valence-corrected chi connectivity index (χ0v) is 19.0. The predicted molar refractivity (Wildman–Crippen MR) is 112 cm³/mol. The van der Waals surface area contributed by atoms with Gasteiger partial charge in [-0.25, -0.2) is 9.59 Å². The van der Waals surface area contributed by atoms with Crippen molar-refractivity contribution < 1.29 is 43.6 Å². The molecule has 1 fully saturated rings. The summed E-state index contributed by atoms with van der Waals surface area (Å²) < 4.78 is 20.8. The zero-order chi connectivity index (χ0) is 25.4. The number of aromatic nitrogens is 3. The van der Waals surface area contributed by atoms with Crippen LogP contribution in [0.2, 0.25) is 0 Å². The molecule has 16 nitrogen and oxygen atoms in total. The molecule has 1 aromatic heterocycles. The maximum atomic E-state index is 12.9. The Bertz CT molecular complexity index is 1010. The molecule has 2 rings (SSSR count). The summed E-state index contributed by atoms with van der Waals surface area (Å²) in [6, 6.07) is 1.68. The molecule has 0 radical (unpaired) electrons. The Balaban J connectivity index is 2.21. The van der Waals surface area contributed by atoms with E-state index in [0.29, 0.717) is 4.68 Å². The molecular weight excluding hydrogens is 479 g/mol. The number of carboxylic acids is 1. The molecule has 0 amide bonds. The first-order valence-corrected chi connectivity index (χ1v) is 10.7. The fraction of sp³-hybridized carbons (Fsp3) is 0.588. The fourth-order valence-electron chi connectivity index (χ4n) is 2.83. The molecule has 0 bridgehead atoms. The number of esters is 1. The Hall–Kier alpha value is -3.06. The number of hydrogen-bond donors (Lipinski definition) is 5. The summed E-state index contributed by atoms with van der Waals surface area (Å²) in [4.78, 5) is 36.0. The molecule has 0 spiro atoms. The first-order valence-electron chi connectivity index (χ1n) is 9.71. The number of nitrogens with one attached hydrogen (secondary N) is 2. The molecule has 17 heteroatoms. The first kappa shape index (κ1) is 27.2. The van der Waals surface area contributed by atoms with Gasteiger partial charge in [0.2, 0.25) is 0 Å². The van der Waals surface area contributed by atoms with Crippen LogP contribution in [0.4, 0.5) is 5.69 Å². The van der Waals surface area contributed by atoms with E-state index in [1.807, 2.05) is 0 Å². The van der Waals surface area contributed by atoms with Crippen LogP contribution in [-0.4, -0.2) is 99.0 Å². The minimum absolute atomic E-state index is 0.00225. The van der Waals surface area contributed by atoms with E-state index in [-0.39, 0.29) is 18.9 Å². The molecule has 0 saturated carbocycles. The lowest BCUT2D eigenvalue weighted by Gasteiger charge is -2.18. The summed E-state index contributed by atoms with van der Waals surface area (Å²) in [6.07, 6.45) is -6.07. The monoisotopic (exact) mass is 502 g/mol. The van der Waals surface area contributed by atoms with E-state index < -0.39 is 74.7 Å². The average molecular weight is 502 g/mol. The van der Waals surface area contributed by atoms with Crippen LogP contribution in [0.5, 0.6) is 0 Å². The lowest BCUT2D eigenvalue weighted by molar-refractivity contribution is -0.148. The van der Waals surface area contributed by atoms with Crippen LogP contribution in [0.25, 0.3) is 0 Å². The number of carbonyl (C=O) groups is 2. The Labute approximate surface area is 193 Å². The van der Waals surface area contributed by atoms with Gasteiger partial charge in [0.05, 0.1) is 28.1 Å². The average Bonchev–Trinajstić information content (AvgIpc) is 3.08. The van der Waals surface area contributed by atoms with Crippen molar-refractivity contribution in [2.75, 3.05) is 32.2 Å². The predicted octanol–water partition coefficient (Wildman–Crippen LogP) is -2.21. The summed E-state index contributed by atoms with van der Waals surface area (Å²) in [5.41, 5.74) is -2.34. The van der Waals surface area contributed by atoms with Crippen LogP contribution in [0, 0.1) is 16.7 Å². The molecule has 1 aliphatic heterocycles. The van der Waals surface area contributed by atoms with Gasteiger partial charge in [-0.3, -0.25) is 10.2 Å².